The zero-order chi connectivity index (χ0) is 34.2. The summed E-state index contributed by atoms with van der Waals surface area (Å²) in [5.74, 6) is -0.961. The largest absolute Gasteiger partial charge is 0.488 e. The highest BCUT2D eigenvalue weighted by Gasteiger charge is 2.41. The Morgan fingerprint density at radius 1 is 1.08 bits per heavy atom. The van der Waals surface area contributed by atoms with Crippen molar-refractivity contribution in [3.8, 4) is 16.9 Å². The number of hydrogen-bond acceptors (Lipinski definition) is 10. The summed E-state index contributed by atoms with van der Waals surface area (Å²) in [4.78, 5) is 43.0. The first-order valence-corrected chi connectivity index (χ1v) is 17.1. The number of nitrogens with two attached hydrogens (primary N) is 1. The first-order chi connectivity index (χ1) is 23.5. The molecule has 1 unspecified atom stereocenters. The van der Waals surface area contributed by atoms with Crippen LogP contribution in [0.2, 0.25) is 0 Å². The number of aromatic nitrogens is 3. The second-order valence-corrected chi connectivity index (χ2v) is 14.0. The molecule has 2 aromatic heterocycles. The minimum atomic E-state index is -4.88. The number of nitrogen functional groups attached to an aromatic ring is 1. The fourth-order valence-corrected chi connectivity index (χ4v) is 8.23. The van der Waals surface area contributed by atoms with E-state index in [9.17, 15) is 14.0 Å². The standard InChI is InChI=1S/C33H34F4N8O3S/c1-2-24(46)43-11-13-44(14-12-43)30-21-15-22(33(35,36)37)25(20-5-6-23(34)29-26(20)39-31(38)49-29)28-27(21)45(32(47)40-30)19(17-48-28)16-41-7-9-42(10-8-41)18-3-4-18/h2,5-6,15,18-19H,1,3-4,7-14,16-17H2,(H2,38,39). The van der Waals surface area contributed by atoms with Crippen LogP contribution in [0, 0.1) is 5.82 Å². The molecule has 8 rings (SSSR count). The van der Waals surface area contributed by atoms with E-state index in [0.717, 1.165) is 49.6 Å². The monoisotopic (exact) mass is 698 g/mol. The molecule has 3 fully saturated rings. The number of fused-ring (bicyclic) bond motifs is 1. The molecule has 1 amide bonds. The van der Waals surface area contributed by atoms with Gasteiger partial charge in [0.2, 0.25) is 5.91 Å². The van der Waals surface area contributed by atoms with Gasteiger partial charge in [-0.3, -0.25) is 19.2 Å². The van der Waals surface area contributed by atoms with E-state index in [1.165, 1.54) is 29.6 Å². The lowest BCUT2D eigenvalue weighted by Crippen LogP contribution is -2.51. The van der Waals surface area contributed by atoms with Crippen LogP contribution >= 0.6 is 11.3 Å². The van der Waals surface area contributed by atoms with Crippen LogP contribution < -0.4 is 21.1 Å². The number of carbonyl (C=O) groups is 1. The van der Waals surface area contributed by atoms with Gasteiger partial charge in [0.15, 0.2) is 10.9 Å². The topological polar surface area (TPSA) is 113 Å². The molecule has 16 heteroatoms. The molecule has 0 bridgehead atoms. The van der Waals surface area contributed by atoms with Crippen LogP contribution in [0.1, 0.15) is 24.4 Å². The molecule has 0 spiro atoms. The zero-order valence-electron chi connectivity index (χ0n) is 26.5. The third-order valence-corrected chi connectivity index (χ3v) is 10.9. The fourth-order valence-electron chi connectivity index (χ4n) is 7.47. The Labute approximate surface area is 282 Å². The SMILES string of the molecule is C=CC(=O)N1CCN(c2nc(=O)n3c4c(c(-c5ccc(F)c6sc(N)nc56)c(C(F)(F)F)cc24)OCC3CN2CCN(C3CC3)CC2)CC1. The number of piperazine rings is 2. The summed E-state index contributed by atoms with van der Waals surface area (Å²) in [5, 5.41) is 0.109. The Morgan fingerprint density at radius 2 is 1.82 bits per heavy atom. The lowest BCUT2D eigenvalue weighted by Gasteiger charge is -2.39. The maximum absolute atomic E-state index is 15.2. The molecule has 1 saturated carbocycles. The van der Waals surface area contributed by atoms with Crippen molar-refractivity contribution in [2.24, 2.45) is 0 Å². The molecule has 11 nitrogen and oxygen atoms in total. The second-order valence-electron chi connectivity index (χ2n) is 13.0. The lowest BCUT2D eigenvalue weighted by molar-refractivity contribution is -0.137. The molecule has 5 heterocycles. The number of ether oxygens (including phenoxy) is 1. The van der Waals surface area contributed by atoms with Gasteiger partial charge < -0.3 is 20.3 Å². The van der Waals surface area contributed by atoms with Crippen LogP contribution in [-0.2, 0) is 11.0 Å². The van der Waals surface area contributed by atoms with Gasteiger partial charge in [-0.15, -0.1) is 0 Å². The van der Waals surface area contributed by atoms with Crippen molar-refractivity contribution >= 4 is 49.3 Å². The number of halogens is 4. The maximum Gasteiger partial charge on any atom is 0.417 e. The highest BCUT2D eigenvalue weighted by atomic mass is 32.1. The van der Waals surface area contributed by atoms with Crippen molar-refractivity contribution in [3.05, 3.63) is 52.7 Å². The average molecular weight is 699 g/mol. The fraction of sp³-hybridized carbons (Fsp3) is 0.455. The summed E-state index contributed by atoms with van der Waals surface area (Å²) < 4.78 is 68.1. The van der Waals surface area contributed by atoms with Crippen LogP contribution in [0.5, 0.6) is 5.75 Å². The normalized spacial score (nSPS) is 20.6. The van der Waals surface area contributed by atoms with E-state index in [0.29, 0.717) is 12.6 Å². The number of hydrogen-bond donors (Lipinski definition) is 1. The molecule has 4 aliphatic rings. The zero-order valence-corrected chi connectivity index (χ0v) is 27.3. The minimum absolute atomic E-state index is 0.00265. The summed E-state index contributed by atoms with van der Waals surface area (Å²) in [6.07, 6.45) is -1.23. The van der Waals surface area contributed by atoms with Gasteiger partial charge in [-0.1, -0.05) is 17.9 Å². The highest BCUT2D eigenvalue weighted by Crippen LogP contribution is 2.51. The van der Waals surface area contributed by atoms with E-state index in [4.69, 9.17) is 10.5 Å². The van der Waals surface area contributed by atoms with Gasteiger partial charge in [0.05, 0.1) is 27.3 Å². The van der Waals surface area contributed by atoms with E-state index < -0.39 is 29.3 Å². The second kappa shape index (κ2) is 11.9. The van der Waals surface area contributed by atoms with Gasteiger partial charge in [-0.25, -0.2) is 14.2 Å². The Morgan fingerprint density at radius 3 is 2.49 bits per heavy atom. The van der Waals surface area contributed by atoms with Crippen molar-refractivity contribution in [2.75, 3.05) is 76.1 Å². The van der Waals surface area contributed by atoms with E-state index in [2.05, 4.69) is 26.3 Å². The van der Waals surface area contributed by atoms with Crippen LogP contribution in [0.25, 0.3) is 32.2 Å². The quantitative estimate of drug-likeness (QED) is 0.236. The Hall–Kier alpha value is -4.28. The van der Waals surface area contributed by atoms with Crippen molar-refractivity contribution < 1.29 is 27.1 Å². The number of carbonyl (C=O) groups excluding carboxylic acids is 1. The summed E-state index contributed by atoms with van der Waals surface area (Å²) >= 11 is 0.843. The number of anilines is 2. The van der Waals surface area contributed by atoms with E-state index >= 15 is 13.2 Å². The molecule has 49 heavy (non-hydrogen) atoms. The molecule has 1 aliphatic carbocycles. The Bertz CT molecular complexity index is 2050. The van der Waals surface area contributed by atoms with E-state index in [-0.39, 0.29) is 87.6 Å². The van der Waals surface area contributed by atoms with Gasteiger partial charge >= 0.3 is 11.9 Å². The molecular formula is C33H34F4N8O3S. The average Bonchev–Trinajstić information content (AvgIpc) is 3.86. The van der Waals surface area contributed by atoms with Gasteiger partial charge in [0.25, 0.3) is 0 Å². The van der Waals surface area contributed by atoms with Crippen LogP contribution in [0.4, 0.5) is 28.5 Å². The Kier molecular flexibility index (Phi) is 7.79. The van der Waals surface area contributed by atoms with Gasteiger partial charge in [0.1, 0.15) is 18.2 Å². The highest BCUT2D eigenvalue weighted by molar-refractivity contribution is 7.22. The first kappa shape index (κ1) is 32.0. The summed E-state index contributed by atoms with van der Waals surface area (Å²) in [5.41, 5.74) is 4.11. The summed E-state index contributed by atoms with van der Waals surface area (Å²) in [6.45, 7) is 8.39. The maximum atomic E-state index is 15.2. The number of thiazole rings is 1. The minimum Gasteiger partial charge on any atom is -0.488 e. The summed E-state index contributed by atoms with van der Waals surface area (Å²) in [7, 11) is 0. The molecule has 0 radical (unpaired) electrons. The van der Waals surface area contributed by atoms with Gasteiger partial charge in [-0.2, -0.15) is 18.2 Å². The van der Waals surface area contributed by atoms with Gasteiger partial charge in [0, 0.05) is 81.5 Å². The molecular weight excluding hydrogens is 664 g/mol. The number of alkyl halides is 3. The lowest BCUT2D eigenvalue weighted by atomic mass is 9.93. The Balaban J connectivity index is 1.31. The molecule has 2 saturated heterocycles. The van der Waals surface area contributed by atoms with Crippen molar-refractivity contribution in [1.29, 1.82) is 0 Å². The number of rotatable bonds is 6. The third kappa shape index (κ3) is 5.59. The predicted octanol–water partition coefficient (Wildman–Crippen LogP) is 3.96. The van der Waals surface area contributed by atoms with Gasteiger partial charge in [-0.05, 0) is 37.1 Å². The molecule has 258 valence electrons. The number of amides is 1. The summed E-state index contributed by atoms with van der Waals surface area (Å²) in [6, 6.07) is 3.48. The van der Waals surface area contributed by atoms with Crippen LogP contribution in [-0.4, -0.2) is 107 Å². The van der Waals surface area contributed by atoms with E-state index in [1.807, 2.05) is 0 Å². The number of nitrogens with zero attached hydrogens (tertiary/aromatic N) is 7. The van der Waals surface area contributed by atoms with Crippen LogP contribution in [0.3, 0.4) is 0 Å². The molecule has 1 atom stereocenters. The third-order valence-electron chi connectivity index (χ3n) is 10.0. The van der Waals surface area contributed by atoms with Crippen molar-refractivity contribution in [2.45, 2.75) is 31.1 Å². The molecule has 3 aliphatic heterocycles. The van der Waals surface area contributed by atoms with Crippen molar-refractivity contribution in [1.82, 2.24) is 29.2 Å². The van der Waals surface area contributed by atoms with Crippen LogP contribution in [0.15, 0.2) is 35.6 Å². The van der Waals surface area contributed by atoms with E-state index in [1.54, 1.807) is 9.80 Å². The first-order valence-electron chi connectivity index (χ1n) is 16.3. The van der Waals surface area contributed by atoms with Crippen molar-refractivity contribution in [3.63, 3.8) is 0 Å². The smallest absolute Gasteiger partial charge is 0.417 e. The predicted molar refractivity (Wildman–Crippen MR) is 179 cm³/mol. The molecule has 2 aromatic carbocycles. The molecule has 4 aromatic rings. The molecule has 2 N–H and O–H groups in total. The number of benzene rings is 2.